The monoisotopic (exact) mass is 367 g/mol. The minimum absolute atomic E-state index is 0. The molecule has 2 aromatic rings. The lowest BCUT2D eigenvalue weighted by molar-refractivity contribution is -0.673. The average molecular weight is 367 g/mol. The molecular formula is C16H20IN2+. The highest BCUT2D eigenvalue weighted by molar-refractivity contribution is 14.0. The summed E-state index contributed by atoms with van der Waals surface area (Å²) in [5.41, 5.74) is 3.62. The molecule has 1 heterocycles. The summed E-state index contributed by atoms with van der Waals surface area (Å²) in [6, 6.07) is 14.7. The van der Waals surface area contributed by atoms with Gasteiger partial charge in [-0.3, -0.25) is 0 Å². The molecule has 2 nitrogen and oxygen atoms in total. The summed E-state index contributed by atoms with van der Waals surface area (Å²) in [6.07, 6.45) is 6.31. The van der Waals surface area contributed by atoms with Crippen molar-refractivity contribution >= 4 is 41.8 Å². The number of nitrogens with zero attached hydrogens (tertiary/aromatic N) is 2. The van der Waals surface area contributed by atoms with Crippen molar-refractivity contribution in [3.63, 3.8) is 0 Å². The van der Waals surface area contributed by atoms with Crippen LogP contribution in [0.3, 0.4) is 0 Å². The van der Waals surface area contributed by atoms with E-state index in [-0.39, 0.29) is 24.0 Å². The Morgan fingerprint density at radius 3 is 2.21 bits per heavy atom. The van der Waals surface area contributed by atoms with Crippen LogP contribution >= 0.6 is 24.0 Å². The molecule has 0 radical (unpaired) electrons. The van der Waals surface area contributed by atoms with Gasteiger partial charge in [0.05, 0.1) is 0 Å². The van der Waals surface area contributed by atoms with Crippen LogP contribution in [0.1, 0.15) is 11.3 Å². The van der Waals surface area contributed by atoms with Crippen molar-refractivity contribution in [3.05, 3.63) is 59.9 Å². The molecule has 0 saturated heterocycles. The van der Waals surface area contributed by atoms with Gasteiger partial charge in [-0.15, -0.1) is 24.0 Å². The Morgan fingerprint density at radius 2 is 1.63 bits per heavy atom. The number of pyridine rings is 1. The predicted octanol–water partition coefficient (Wildman–Crippen LogP) is 3.37. The molecule has 0 atom stereocenters. The minimum Gasteiger partial charge on any atom is -0.378 e. The molecule has 0 aliphatic heterocycles. The summed E-state index contributed by atoms with van der Waals surface area (Å²) in [5.74, 6) is 0. The van der Waals surface area contributed by atoms with E-state index < -0.39 is 0 Å². The second-order valence-corrected chi connectivity index (χ2v) is 4.56. The van der Waals surface area contributed by atoms with E-state index in [9.17, 15) is 0 Å². The van der Waals surface area contributed by atoms with E-state index in [1.54, 1.807) is 0 Å². The van der Waals surface area contributed by atoms with Crippen molar-refractivity contribution in [2.45, 2.75) is 0 Å². The van der Waals surface area contributed by atoms with Crippen LogP contribution in [0.5, 0.6) is 0 Å². The zero-order valence-corrected chi connectivity index (χ0v) is 13.9. The second kappa shape index (κ2) is 7.28. The first-order valence-corrected chi connectivity index (χ1v) is 6.07. The van der Waals surface area contributed by atoms with Gasteiger partial charge in [0.2, 0.25) is 5.69 Å². The van der Waals surface area contributed by atoms with Crippen molar-refractivity contribution in [2.75, 3.05) is 19.0 Å². The van der Waals surface area contributed by atoms with Crippen LogP contribution in [0.15, 0.2) is 48.7 Å². The summed E-state index contributed by atoms with van der Waals surface area (Å²) in [7, 11) is 6.15. The summed E-state index contributed by atoms with van der Waals surface area (Å²) >= 11 is 0. The number of halogens is 1. The van der Waals surface area contributed by atoms with E-state index >= 15 is 0 Å². The van der Waals surface area contributed by atoms with Crippen LogP contribution in [-0.2, 0) is 7.05 Å². The largest absolute Gasteiger partial charge is 0.378 e. The van der Waals surface area contributed by atoms with E-state index in [1.807, 2.05) is 6.07 Å². The van der Waals surface area contributed by atoms with Gasteiger partial charge in [0.1, 0.15) is 7.05 Å². The van der Waals surface area contributed by atoms with Gasteiger partial charge in [-0.25, -0.2) is 4.57 Å². The molecule has 2 rings (SSSR count). The number of benzene rings is 1. The number of anilines is 1. The Hall–Kier alpha value is -1.36. The molecule has 0 bridgehead atoms. The molecule has 0 spiro atoms. The zero-order valence-electron chi connectivity index (χ0n) is 11.6. The molecule has 19 heavy (non-hydrogen) atoms. The highest BCUT2D eigenvalue weighted by Crippen LogP contribution is 2.13. The number of hydrogen-bond donors (Lipinski definition) is 0. The van der Waals surface area contributed by atoms with Gasteiger partial charge in [0.15, 0.2) is 6.20 Å². The smallest absolute Gasteiger partial charge is 0.204 e. The van der Waals surface area contributed by atoms with E-state index in [1.165, 1.54) is 16.9 Å². The van der Waals surface area contributed by atoms with E-state index in [0.717, 1.165) is 0 Å². The van der Waals surface area contributed by atoms with Crippen molar-refractivity contribution < 1.29 is 4.57 Å². The predicted molar refractivity (Wildman–Crippen MR) is 92.7 cm³/mol. The Balaban J connectivity index is 0.00000180. The van der Waals surface area contributed by atoms with E-state index in [4.69, 9.17) is 0 Å². The third-order valence-corrected chi connectivity index (χ3v) is 2.95. The van der Waals surface area contributed by atoms with Gasteiger partial charge in [0, 0.05) is 38.0 Å². The van der Waals surface area contributed by atoms with E-state index in [0.29, 0.717) is 0 Å². The molecular weight excluding hydrogens is 347 g/mol. The first-order chi connectivity index (χ1) is 8.66. The second-order valence-electron chi connectivity index (χ2n) is 4.56. The number of aryl methyl sites for hydroxylation is 1. The van der Waals surface area contributed by atoms with Crippen molar-refractivity contribution in [1.82, 2.24) is 0 Å². The molecule has 100 valence electrons. The molecule has 1 aromatic carbocycles. The fourth-order valence-corrected chi connectivity index (χ4v) is 1.77. The SMILES string of the molecule is CN(C)c1ccc(/C=C/c2cccc[n+]2C)cc1.I. The lowest BCUT2D eigenvalue weighted by Gasteiger charge is -2.11. The highest BCUT2D eigenvalue weighted by Gasteiger charge is 1.99. The van der Waals surface area contributed by atoms with Crippen LogP contribution in [0, 0.1) is 0 Å². The summed E-state index contributed by atoms with van der Waals surface area (Å²) in [5, 5.41) is 0. The standard InChI is InChI=1S/C16H19N2.HI/c1-17(2)15-10-7-14(8-11-15)9-12-16-6-4-5-13-18(16)3;/h4-13H,1-3H3;1H/q+1;. The molecule has 1 aromatic heterocycles. The van der Waals surface area contributed by atoms with Gasteiger partial charge >= 0.3 is 0 Å². The van der Waals surface area contributed by atoms with Gasteiger partial charge in [0.25, 0.3) is 0 Å². The summed E-state index contributed by atoms with van der Waals surface area (Å²) in [6.45, 7) is 0. The fourth-order valence-electron chi connectivity index (χ4n) is 1.77. The van der Waals surface area contributed by atoms with E-state index in [2.05, 4.69) is 85.4 Å². The van der Waals surface area contributed by atoms with Crippen LogP contribution in [0.2, 0.25) is 0 Å². The van der Waals surface area contributed by atoms with Crippen LogP contribution in [0.4, 0.5) is 5.69 Å². The lowest BCUT2D eigenvalue weighted by Crippen LogP contribution is -2.30. The summed E-state index contributed by atoms with van der Waals surface area (Å²) in [4.78, 5) is 2.10. The third-order valence-electron chi connectivity index (χ3n) is 2.95. The van der Waals surface area contributed by atoms with Gasteiger partial charge in [-0.1, -0.05) is 12.1 Å². The molecule has 0 N–H and O–H groups in total. The topological polar surface area (TPSA) is 7.12 Å². The van der Waals surface area contributed by atoms with Crippen LogP contribution in [0.25, 0.3) is 12.2 Å². The first-order valence-electron chi connectivity index (χ1n) is 6.07. The van der Waals surface area contributed by atoms with Crippen molar-refractivity contribution in [2.24, 2.45) is 7.05 Å². The summed E-state index contributed by atoms with van der Waals surface area (Å²) < 4.78 is 2.10. The van der Waals surface area contributed by atoms with Gasteiger partial charge in [-0.2, -0.15) is 0 Å². The molecule has 0 saturated carbocycles. The molecule has 0 unspecified atom stereocenters. The maximum Gasteiger partial charge on any atom is 0.204 e. The van der Waals surface area contributed by atoms with Crippen LogP contribution in [-0.4, -0.2) is 14.1 Å². The fraction of sp³-hybridized carbons (Fsp3) is 0.188. The number of aromatic nitrogens is 1. The van der Waals surface area contributed by atoms with Gasteiger partial charge < -0.3 is 4.90 Å². The Labute approximate surface area is 132 Å². The van der Waals surface area contributed by atoms with Crippen molar-refractivity contribution in [1.29, 1.82) is 0 Å². The highest BCUT2D eigenvalue weighted by atomic mass is 127. The first kappa shape index (κ1) is 15.7. The molecule has 0 aliphatic carbocycles. The maximum absolute atomic E-state index is 2.13. The molecule has 3 heteroatoms. The lowest BCUT2D eigenvalue weighted by atomic mass is 10.1. The normalized spacial score (nSPS) is 10.3. The van der Waals surface area contributed by atoms with Crippen molar-refractivity contribution in [3.8, 4) is 0 Å². The molecule has 0 aliphatic rings. The zero-order chi connectivity index (χ0) is 13.0. The van der Waals surface area contributed by atoms with Gasteiger partial charge in [-0.05, 0) is 29.8 Å². The van der Waals surface area contributed by atoms with Crippen LogP contribution < -0.4 is 9.47 Å². The third kappa shape index (κ3) is 4.35. The Bertz CT molecular complexity index is 545. The number of hydrogen-bond acceptors (Lipinski definition) is 1. The quantitative estimate of drug-likeness (QED) is 0.596. The average Bonchev–Trinajstić information content (AvgIpc) is 2.38. The molecule has 0 fully saturated rings. The maximum atomic E-state index is 2.13. The minimum atomic E-state index is 0. The Morgan fingerprint density at radius 1 is 0.947 bits per heavy atom. The number of rotatable bonds is 3. The molecule has 0 amide bonds. The Kier molecular flexibility index (Phi) is 6.02.